The Morgan fingerprint density at radius 3 is 2.33 bits per heavy atom. The molecule has 7 heteroatoms. The molecule has 1 aromatic rings. The summed E-state index contributed by atoms with van der Waals surface area (Å²) in [5, 5.41) is 9.01. The van der Waals surface area contributed by atoms with E-state index in [-0.39, 0.29) is 29.4 Å². The molecule has 0 amide bonds. The van der Waals surface area contributed by atoms with Crippen molar-refractivity contribution < 1.29 is 27.8 Å². The molecule has 0 aromatic heterocycles. The van der Waals surface area contributed by atoms with Crippen molar-refractivity contribution in [3.63, 3.8) is 0 Å². The molecule has 1 N–H and O–H groups in total. The van der Waals surface area contributed by atoms with Crippen LogP contribution in [0.15, 0.2) is 18.2 Å². The van der Waals surface area contributed by atoms with Crippen molar-refractivity contribution in [1.29, 1.82) is 0 Å². The number of rotatable bonds is 6. The zero-order valence-corrected chi connectivity index (χ0v) is 17.8. The first-order valence-electron chi connectivity index (χ1n) is 10.9. The van der Waals surface area contributed by atoms with E-state index in [1.807, 2.05) is 19.9 Å². The van der Waals surface area contributed by atoms with Gasteiger partial charge in [0, 0.05) is 31.3 Å². The van der Waals surface area contributed by atoms with E-state index in [9.17, 15) is 18.0 Å². The topological polar surface area (TPSA) is 49.8 Å². The Morgan fingerprint density at radius 1 is 1.17 bits per heavy atom. The summed E-state index contributed by atoms with van der Waals surface area (Å²) in [5.41, 5.74) is 1.28. The smallest absolute Gasteiger partial charge is 0.393 e. The van der Waals surface area contributed by atoms with Crippen LogP contribution in [-0.4, -0.2) is 36.4 Å². The lowest BCUT2D eigenvalue weighted by atomic mass is 9.65. The van der Waals surface area contributed by atoms with Crippen LogP contribution in [0.3, 0.4) is 0 Å². The Morgan fingerprint density at radius 2 is 1.80 bits per heavy atom. The van der Waals surface area contributed by atoms with Gasteiger partial charge in [-0.15, -0.1) is 0 Å². The Bertz CT molecular complexity index is 730. The van der Waals surface area contributed by atoms with Gasteiger partial charge < -0.3 is 14.7 Å². The third-order valence-corrected chi connectivity index (χ3v) is 6.55. The molecule has 2 aliphatic rings. The van der Waals surface area contributed by atoms with Crippen LogP contribution in [0.25, 0.3) is 0 Å². The molecule has 0 bridgehead atoms. The second kappa shape index (κ2) is 9.06. The number of nitrogens with zero attached hydrogens (tertiary/aromatic N) is 1. The van der Waals surface area contributed by atoms with Crippen molar-refractivity contribution in [3.8, 4) is 5.75 Å². The number of hydrogen-bond donors (Lipinski definition) is 1. The molecule has 1 aromatic carbocycles. The second-order valence-electron chi connectivity index (χ2n) is 9.32. The molecule has 1 aliphatic carbocycles. The zero-order valence-electron chi connectivity index (χ0n) is 17.8. The summed E-state index contributed by atoms with van der Waals surface area (Å²) in [4.78, 5) is 13.1. The van der Waals surface area contributed by atoms with Gasteiger partial charge in [-0.3, -0.25) is 4.79 Å². The number of carbonyl (C=O) groups is 1. The van der Waals surface area contributed by atoms with Crippen molar-refractivity contribution >= 4 is 11.7 Å². The van der Waals surface area contributed by atoms with Crippen molar-refractivity contribution in [3.05, 3.63) is 23.8 Å². The van der Waals surface area contributed by atoms with Crippen LogP contribution in [0.5, 0.6) is 5.75 Å². The summed E-state index contributed by atoms with van der Waals surface area (Å²) >= 11 is 0. The number of hydrogen-bond acceptors (Lipinski definition) is 3. The lowest BCUT2D eigenvalue weighted by Crippen LogP contribution is -2.42. The minimum absolute atomic E-state index is 0.107. The highest BCUT2D eigenvalue weighted by Crippen LogP contribution is 2.47. The summed E-state index contributed by atoms with van der Waals surface area (Å²) in [6, 6.07) is 4.98. The van der Waals surface area contributed by atoms with Gasteiger partial charge in [-0.1, -0.05) is 0 Å². The van der Waals surface area contributed by atoms with Crippen molar-refractivity contribution in [2.75, 3.05) is 18.0 Å². The number of piperidine rings is 1. The first-order valence-corrected chi connectivity index (χ1v) is 10.9. The SMILES string of the molecule is CC(C)Oc1cc(CC(F)(F)F)cc(N2CCC3(CCC(CC(=O)O)CC3)CC2)c1. The van der Waals surface area contributed by atoms with Gasteiger partial charge in [-0.05, 0) is 81.4 Å². The van der Waals surface area contributed by atoms with Gasteiger partial charge in [-0.2, -0.15) is 13.2 Å². The van der Waals surface area contributed by atoms with Gasteiger partial charge in [0.2, 0.25) is 0 Å². The highest BCUT2D eigenvalue weighted by Gasteiger charge is 2.38. The number of anilines is 1. The van der Waals surface area contributed by atoms with Gasteiger partial charge >= 0.3 is 12.1 Å². The number of aliphatic carboxylic acids is 1. The van der Waals surface area contributed by atoms with Gasteiger partial charge in [0.15, 0.2) is 0 Å². The number of carboxylic acids is 1. The van der Waals surface area contributed by atoms with Crippen LogP contribution < -0.4 is 9.64 Å². The zero-order chi connectivity index (χ0) is 21.9. The number of alkyl halides is 3. The highest BCUT2D eigenvalue weighted by molar-refractivity contribution is 5.67. The molecule has 2 fully saturated rings. The predicted molar refractivity (Wildman–Crippen MR) is 110 cm³/mol. The summed E-state index contributed by atoms with van der Waals surface area (Å²) in [5.74, 6) is 0.0427. The van der Waals surface area contributed by atoms with Gasteiger partial charge in [0.25, 0.3) is 0 Å². The molecule has 30 heavy (non-hydrogen) atoms. The first-order chi connectivity index (χ1) is 14.0. The van der Waals surface area contributed by atoms with E-state index >= 15 is 0 Å². The first kappa shape index (κ1) is 22.8. The van der Waals surface area contributed by atoms with Crippen LogP contribution in [0, 0.1) is 11.3 Å². The largest absolute Gasteiger partial charge is 0.491 e. The van der Waals surface area contributed by atoms with Gasteiger partial charge in [0.05, 0.1) is 12.5 Å². The average Bonchev–Trinajstić information content (AvgIpc) is 2.62. The van der Waals surface area contributed by atoms with Crippen LogP contribution in [0.1, 0.15) is 64.4 Å². The lowest BCUT2D eigenvalue weighted by molar-refractivity contribution is -0.138. The molecule has 0 radical (unpaired) electrons. The number of ether oxygens (including phenoxy) is 1. The molecule has 1 saturated heterocycles. The van der Waals surface area contributed by atoms with Crippen LogP contribution >= 0.6 is 0 Å². The molecule has 3 rings (SSSR count). The van der Waals surface area contributed by atoms with Crippen molar-refractivity contribution in [1.82, 2.24) is 0 Å². The fraction of sp³-hybridized carbons (Fsp3) is 0.696. The quantitative estimate of drug-likeness (QED) is 0.621. The third kappa shape index (κ3) is 6.29. The molecule has 0 atom stereocenters. The Kier molecular flexibility index (Phi) is 6.88. The van der Waals surface area contributed by atoms with Crippen molar-refractivity contribution in [2.45, 2.75) is 77.5 Å². The van der Waals surface area contributed by atoms with E-state index in [2.05, 4.69) is 4.90 Å². The molecule has 168 valence electrons. The predicted octanol–water partition coefficient (Wildman–Crippen LogP) is 5.83. The molecule has 1 saturated carbocycles. The van der Waals surface area contributed by atoms with E-state index in [0.717, 1.165) is 57.3 Å². The van der Waals surface area contributed by atoms with Gasteiger partial charge in [-0.25, -0.2) is 0 Å². The molecule has 1 aliphatic heterocycles. The number of carboxylic acid groups (broad SMARTS) is 1. The molecular weight excluding hydrogens is 395 g/mol. The third-order valence-electron chi connectivity index (χ3n) is 6.55. The monoisotopic (exact) mass is 427 g/mol. The summed E-state index contributed by atoms with van der Waals surface area (Å²) in [7, 11) is 0. The second-order valence-corrected chi connectivity index (χ2v) is 9.32. The van der Waals surface area contributed by atoms with E-state index < -0.39 is 18.6 Å². The fourth-order valence-electron chi connectivity index (χ4n) is 4.98. The number of halogens is 3. The highest BCUT2D eigenvalue weighted by atomic mass is 19.4. The van der Waals surface area contributed by atoms with Crippen LogP contribution in [0.2, 0.25) is 0 Å². The molecule has 4 nitrogen and oxygen atoms in total. The maximum Gasteiger partial charge on any atom is 0.393 e. The molecular formula is C23H32F3NO3. The van der Waals surface area contributed by atoms with E-state index in [1.54, 1.807) is 6.07 Å². The van der Waals surface area contributed by atoms with Crippen molar-refractivity contribution in [2.24, 2.45) is 11.3 Å². The standard InChI is InChI=1S/C23H32F3NO3/c1-16(2)30-20-12-18(15-23(24,25)26)11-19(14-20)27-9-7-22(8-10-27)5-3-17(4-6-22)13-21(28)29/h11-12,14,16-17H,3-10,13,15H2,1-2H3,(H,28,29). The van der Waals surface area contributed by atoms with E-state index in [0.29, 0.717) is 5.75 Å². The van der Waals surface area contributed by atoms with E-state index in [1.165, 1.54) is 6.07 Å². The van der Waals surface area contributed by atoms with E-state index in [4.69, 9.17) is 9.84 Å². The average molecular weight is 428 g/mol. The lowest BCUT2D eigenvalue weighted by Gasteiger charge is -2.46. The maximum atomic E-state index is 13.0. The summed E-state index contributed by atoms with van der Waals surface area (Å²) in [6.45, 7) is 5.34. The number of benzene rings is 1. The summed E-state index contributed by atoms with van der Waals surface area (Å²) in [6.07, 6.45) is 0.944. The van der Waals surface area contributed by atoms with Crippen LogP contribution in [0.4, 0.5) is 18.9 Å². The van der Waals surface area contributed by atoms with Gasteiger partial charge in [0.1, 0.15) is 5.75 Å². The fourth-order valence-corrected chi connectivity index (χ4v) is 4.98. The molecule has 0 unspecified atom stereocenters. The maximum absolute atomic E-state index is 13.0. The Hall–Kier alpha value is -1.92. The molecule has 1 heterocycles. The van der Waals surface area contributed by atoms with Crippen LogP contribution in [-0.2, 0) is 11.2 Å². The summed E-state index contributed by atoms with van der Waals surface area (Å²) < 4.78 is 44.6. The normalized spacial score (nSPS) is 20.0. The minimum Gasteiger partial charge on any atom is -0.491 e. The Labute approximate surface area is 176 Å². The molecule has 1 spiro atoms. The Balaban J connectivity index is 1.67. The minimum atomic E-state index is -4.26.